The summed E-state index contributed by atoms with van der Waals surface area (Å²) in [6.07, 6.45) is 0.740. The highest BCUT2D eigenvalue weighted by atomic mass is 32.2. The Hall–Kier alpha value is -2.91. The zero-order valence-electron chi connectivity index (χ0n) is 16.1. The van der Waals surface area contributed by atoms with Crippen molar-refractivity contribution in [2.24, 2.45) is 7.05 Å². The number of thiophene rings is 1. The van der Waals surface area contributed by atoms with E-state index in [1.807, 2.05) is 66.4 Å². The van der Waals surface area contributed by atoms with Crippen molar-refractivity contribution in [3.05, 3.63) is 70.3 Å². The summed E-state index contributed by atoms with van der Waals surface area (Å²) in [4.78, 5) is 13.8. The van der Waals surface area contributed by atoms with E-state index < -0.39 is 0 Å². The molecule has 0 unspecified atom stereocenters. The van der Waals surface area contributed by atoms with Gasteiger partial charge in [0.05, 0.1) is 17.1 Å². The molecule has 0 fully saturated rings. The highest BCUT2D eigenvalue weighted by Crippen LogP contribution is 2.21. The number of nitrogens with zero attached hydrogens (tertiary/aromatic N) is 5. The van der Waals surface area contributed by atoms with Gasteiger partial charge in [-0.25, -0.2) is 4.68 Å². The molecule has 0 spiro atoms. The maximum absolute atomic E-state index is 12.5. The Bertz CT molecular complexity index is 1100. The fourth-order valence-electron chi connectivity index (χ4n) is 2.86. The van der Waals surface area contributed by atoms with Crippen LogP contribution in [0.2, 0.25) is 0 Å². The van der Waals surface area contributed by atoms with E-state index in [1.54, 1.807) is 16.0 Å². The zero-order valence-corrected chi connectivity index (χ0v) is 17.7. The molecule has 0 atom stereocenters. The minimum absolute atomic E-state index is 0.116. The summed E-state index contributed by atoms with van der Waals surface area (Å²) in [5, 5.41) is 18.7. The first kappa shape index (κ1) is 19.4. The monoisotopic (exact) mass is 424 g/mol. The third kappa shape index (κ3) is 4.57. The van der Waals surface area contributed by atoms with Crippen LogP contribution in [0.1, 0.15) is 16.4 Å². The quantitative estimate of drug-likeness (QED) is 0.458. The number of thioether (sulfide) groups is 1. The van der Waals surface area contributed by atoms with Crippen LogP contribution in [-0.2, 0) is 18.3 Å². The maximum Gasteiger partial charge on any atom is 0.236 e. The van der Waals surface area contributed by atoms with Crippen LogP contribution in [-0.4, -0.2) is 36.2 Å². The SMILES string of the molecule is Cc1cc(NC(=O)CSc2nnc(Cc3cccs3)n2C)n(-c2ccccc2)n1. The smallest absolute Gasteiger partial charge is 0.236 e. The first-order chi connectivity index (χ1) is 14.1. The van der Waals surface area contributed by atoms with Gasteiger partial charge >= 0.3 is 0 Å². The lowest BCUT2D eigenvalue weighted by Gasteiger charge is -2.08. The Balaban J connectivity index is 1.40. The Morgan fingerprint density at radius 2 is 2.00 bits per heavy atom. The van der Waals surface area contributed by atoms with Crippen molar-refractivity contribution in [1.29, 1.82) is 0 Å². The van der Waals surface area contributed by atoms with Crippen molar-refractivity contribution in [1.82, 2.24) is 24.5 Å². The van der Waals surface area contributed by atoms with Crippen LogP contribution in [0.4, 0.5) is 5.82 Å². The molecule has 7 nitrogen and oxygen atoms in total. The molecule has 0 saturated carbocycles. The van der Waals surface area contributed by atoms with E-state index in [0.29, 0.717) is 5.82 Å². The lowest BCUT2D eigenvalue weighted by atomic mass is 10.3. The molecule has 1 amide bonds. The molecule has 0 aliphatic heterocycles. The second-order valence-electron chi connectivity index (χ2n) is 6.47. The Morgan fingerprint density at radius 3 is 2.76 bits per heavy atom. The van der Waals surface area contributed by atoms with Crippen LogP contribution < -0.4 is 5.32 Å². The van der Waals surface area contributed by atoms with Crippen molar-refractivity contribution in [2.45, 2.75) is 18.5 Å². The van der Waals surface area contributed by atoms with E-state index in [0.717, 1.165) is 28.8 Å². The normalized spacial score (nSPS) is 11.0. The molecule has 0 aliphatic carbocycles. The first-order valence-corrected chi connectivity index (χ1v) is 10.9. The molecule has 0 aliphatic rings. The number of rotatable bonds is 7. The summed E-state index contributed by atoms with van der Waals surface area (Å²) in [7, 11) is 1.93. The number of carbonyl (C=O) groups is 1. The summed E-state index contributed by atoms with van der Waals surface area (Å²) >= 11 is 3.06. The average Bonchev–Trinajstić information content (AvgIpc) is 3.44. The number of para-hydroxylation sites is 1. The number of amides is 1. The molecule has 4 rings (SSSR count). The third-order valence-corrected chi connectivity index (χ3v) is 6.17. The molecule has 0 saturated heterocycles. The summed E-state index contributed by atoms with van der Waals surface area (Å²) in [5.41, 5.74) is 1.73. The average molecular weight is 425 g/mol. The molecule has 3 aromatic heterocycles. The van der Waals surface area contributed by atoms with Gasteiger partial charge in [-0.05, 0) is 30.5 Å². The van der Waals surface area contributed by atoms with Gasteiger partial charge in [-0.3, -0.25) is 4.79 Å². The minimum Gasteiger partial charge on any atom is -0.310 e. The number of aryl methyl sites for hydroxylation is 1. The molecule has 0 radical (unpaired) electrons. The Labute approximate surface area is 176 Å². The van der Waals surface area contributed by atoms with Crippen LogP contribution >= 0.6 is 23.1 Å². The molecule has 3 heterocycles. The molecule has 0 bridgehead atoms. The number of aromatic nitrogens is 5. The second kappa shape index (κ2) is 8.62. The van der Waals surface area contributed by atoms with Crippen molar-refractivity contribution >= 4 is 34.8 Å². The standard InChI is InChI=1S/C20H20N6OS2/c1-14-11-17(26(24-14)15-7-4-3-5-8-15)21-19(27)13-29-20-23-22-18(25(20)2)12-16-9-6-10-28-16/h3-11H,12-13H2,1-2H3,(H,21,27). The van der Waals surface area contributed by atoms with Crippen LogP contribution in [0, 0.1) is 6.92 Å². The molecular formula is C20H20N6OS2. The fraction of sp³-hybridized carbons (Fsp3) is 0.200. The van der Waals surface area contributed by atoms with Gasteiger partial charge in [-0.2, -0.15) is 5.10 Å². The van der Waals surface area contributed by atoms with Gasteiger partial charge in [-0.15, -0.1) is 21.5 Å². The number of hydrogen-bond donors (Lipinski definition) is 1. The largest absolute Gasteiger partial charge is 0.310 e. The van der Waals surface area contributed by atoms with Crippen molar-refractivity contribution < 1.29 is 4.79 Å². The van der Waals surface area contributed by atoms with Crippen LogP contribution in [0.5, 0.6) is 0 Å². The van der Waals surface area contributed by atoms with E-state index in [2.05, 4.69) is 26.7 Å². The number of benzene rings is 1. The van der Waals surface area contributed by atoms with Gasteiger partial charge in [0.2, 0.25) is 5.91 Å². The second-order valence-corrected chi connectivity index (χ2v) is 8.44. The molecule has 1 N–H and O–H groups in total. The third-order valence-electron chi connectivity index (χ3n) is 4.27. The first-order valence-electron chi connectivity index (χ1n) is 9.05. The van der Waals surface area contributed by atoms with Crippen LogP contribution in [0.15, 0.2) is 59.1 Å². The highest BCUT2D eigenvalue weighted by Gasteiger charge is 2.14. The fourth-order valence-corrected chi connectivity index (χ4v) is 4.29. The van der Waals surface area contributed by atoms with Crippen molar-refractivity contribution in [3.63, 3.8) is 0 Å². The number of anilines is 1. The minimum atomic E-state index is -0.116. The Morgan fingerprint density at radius 1 is 1.17 bits per heavy atom. The molecule has 9 heteroatoms. The van der Waals surface area contributed by atoms with Crippen LogP contribution in [0.3, 0.4) is 0 Å². The highest BCUT2D eigenvalue weighted by molar-refractivity contribution is 7.99. The van der Waals surface area contributed by atoms with Crippen LogP contribution in [0.25, 0.3) is 5.69 Å². The van der Waals surface area contributed by atoms with E-state index in [-0.39, 0.29) is 11.7 Å². The Kier molecular flexibility index (Phi) is 5.77. The predicted molar refractivity (Wildman–Crippen MR) is 116 cm³/mol. The van der Waals surface area contributed by atoms with Gasteiger partial charge in [-0.1, -0.05) is 36.0 Å². The van der Waals surface area contributed by atoms with Gasteiger partial charge < -0.3 is 9.88 Å². The number of carbonyl (C=O) groups excluding carboxylic acids is 1. The summed E-state index contributed by atoms with van der Waals surface area (Å²) in [5.74, 6) is 1.66. The van der Waals surface area contributed by atoms with Crippen molar-refractivity contribution in [3.8, 4) is 5.69 Å². The van der Waals surface area contributed by atoms with Gasteiger partial charge in [0.15, 0.2) is 5.16 Å². The summed E-state index contributed by atoms with van der Waals surface area (Å²) in [6.45, 7) is 1.90. The molecular weight excluding hydrogens is 404 g/mol. The number of nitrogens with one attached hydrogen (secondary N) is 1. The lowest BCUT2D eigenvalue weighted by Crippen LogP contribution is -2.17. The molecule has 148 valence electrons. The van der Waals surface area contributed by atoms with E-state index in [4.69, 9.17) is 0 Å². The predicted octanol–water partition coefficient (Wildman–Crippen LogP) is 3.69. The summed E-state index contributed by atoms with van der Waals surface area (Å²) in [6, 6.07) is 15.7. The van der Waals surface area contributed by atoms with Gasteiger partial charge in [0, 0.05) is 24.4 Å². The zero-order chi connectivity index (χ0) is 20.2. The van der Waals surface area contributed by atoms with E-state index >= 15 is 0 Å². The molecule has 29 heavy (non-hydrogen) atoms. The number of hydrogen-bond acceptors (Lipinski definition) is 6. The molecule has 4 aromatic rings. The lowest BCUT2D eigenvalue weighted by molar-refractivity contribution is -0.113. The van der Waals surface area contributed by atoms with E-state index in [1.165, 1.54) is 16.6 Å². The maximum atomic E-state index is 12.5. The van der Waals surface area contributed by atoms with E-state index in [9.17, 15) is 4.79 Å². The van der Waals surface area contributed by atoms with Gasteiger partial charge in [0.1, 0.15) is 11.6 Å². The topological polar surface area (TPSA) is 77.6 Å². The summed E-state index contributed by atoms with van der Waals surface area (Å²) < 4.78 is 3.68. The molecule has 1 aromatic carbocycles. The van der Waals surface area contributed by atoms with Gasteiger partial charge in [0.25, 0.3) is 0 Å². The van der Waals surface area contributed by atoms with Crippen molar-refractivity contribution in [2.75, 3.05) is 11.1 Å².